The molecule has 0 spiro atoms. The number of nitrogens with two attached hydrogens (primary N) is 1. The number of anilines is 1. The number of rotatable bonds is 2. The highest BCUT2D eigenvalue weighted by atomic mass is 15.2. The lowest BCUT2D eigenvalue weighted by Crippen LogP contribution is -2.03. The minimum absolute atomic E-state index is 0.429. The lowest BCUT2D eigenvalue weighted by Gasteiger charge is -2.06. The minimum atomic E-state index is 0.429. The molecule has 0 aliphatic heterocycles. The Labute approximate surface area is 79.0 Å². The van der Waals surface area contributed by atoms with Crippen molar-refractivity contribution in [2.75, 3.05) is 5.73 Å². The molecule has 1 aromatic rings. The van der Waals surface area contributed by atoms with Crippen LogP contribution in [-0.4, -0.2) is 9.55 Å². The van der Waals surface area contributed by atoms with E-state index < -0.39 is 0 Å². The van der Waals surface area contributed by atoms with Crippen LogP contribution in [0, 0.1) is 6.92 Å². The number of aromatic nitrogens is 2. The molecule has 2 rings (SSSR count). The third-order valence-electron chi connectivity index (χ3n) is 2.61. The fourth-order valence-electron chi connectivity index (χ4n) is 1.80. The summed E-state index contributed by atoms with van der Waals surface area (Å²) in [6.45, 7) is 6.31. The Hall–Kier alpha value is -0.990. The lowest BCUT2D eigenvalue weighted by atomic mass is 10.1. The van der Waals surface area contributed by atoms with Gasteiger partial charge in [-0.3, -0.25) is 0 Å². The molecule has 0 bridgehead atoms. The van der Waals surface area contributed by atoms with Crippen molar-refractivity contribution in [2.45, 2.75) is 45.6 Å². The van der Waals surface area contributed by atoms with Crippen LogP contribution in [0.1, 0.15) is 50.2 Å². The van der Waals surface area contributed by atoms with Crippen LogP contribution < -0.4 is 5.73 Å². The summed E-state index contributed by atoms with van der Waals surface area (Å²) in [5, 5.41) is 0. The van der Waals surface area contributed by atoms with Gasteiger partial charge in [-0.15, -0.1) is 0 Å². The third kappa shape index (κ3) is 1.32. The second-order valence-electron chi connectivity index (χ2n) is 4.19. The van der Waals surface area contributed by atoms with Crippen molar-refractivity contribution in [1.82, 2.24) is 9.55 Å². The molecule has 1 heterocycles. The quantitative estimate of drug-likeness (QED) is 0.756. The van der Waals surface area contributed by atoms with Crippen molar-refractivity contribution in [3.63, 3.8) is 0 Å². The van der Waals surface area contributed by atoms with Gasteiger partial charge in [0.05, 0.1) is 5.69 Å². The molecule has 2 N–H and O–H groups in total. The fraction of sp³-hybridized carbons (Fsp3) is 0.700. The summed E-state index contributed by atoms with van der Waals surface area (Å²) in [7, 11) is 0. The maximum atomic E-state index is 6.05. The van der Waals surface area contributed by atoms with E-state index in [1.54, 1.807) is 0 Å². The smallest absolute Gasteiger partial charge is 0.127 e. The van der Waals surface area contributed by atoms with Crippen LogP contribution in [0.15, 0.2) is 0 Å². The standard InChI is InChI=1S/C10H17N3/c1-6(2)9-10(11)13(7(3)12-9)8-4-5-8/h6,8H,4-5,11H2,1-3H3. The molecule has 13 heavy (non-hydrogen) atoms. The van der Waals surface area contributed by atoms with E-state index in [1.165, 1.54) is 12.8 Å². The first-order chi connectivity index (χ1) is 6.11. The monoisotopic (exact) mass is 179 g/mol. The molecule has 0 aromatic carbocycles. The maximum absolute atomic E-state index is 6.05. The van der Waals surface area contributed by atoms with Gasteiger partial charge < -0.3 is 10.3 Å². The normalized spacial score (nSPS) is 16.9. The van der Waals surface area contributed by atoms with E-state index in [0.29, 0.717) is 12.0 Å². The van der Waals surface area contributed by atoms with E-state index in [4.69, 9.17) is 5.73 Å². The van der Waals surface area contributed by atoms with E-state index >= 15 is 0 Å². The Kier molecular flexibility index (Phi) is 1.82. The number of nitrogens with zero attached hydrogens (tertiary/aromatic N) is 2. The van der Waals surface area contributed by atoms with Crippen molar-refractivity contribution >= 4 is 5.82 Å². The summed E-state index contributed by atoms with van der Waals surface area (Å²) in [5.74, 6) is 2.39. The highest BCUT2D eigenvalue weighted by Gasteiger charge is 2.28. The second-order valence-corrected chi connectivity index (χ2v) is 4.19. The van der Waals surface area contributed by atoms with Crippen molar-refractivity contribution in [3.05, 3.63) is 11.5 Å². The first-order valence-corrected chi connectivity index (χ1v) is 4.95. The zero-order valence-corrected chi connectivity index (χ0v) is 8.54. The molecular formula is C10H17N3. The zero-order valence-electron chi connectivity index (χ0n) is 8.54. The zero-order chi connectivity index (χ0) is 9.59. The second kappa shape index (κ2) is 2.76. The SMILES string of the molecule is Cc1nc(C(C)C)c(N)n1C1CC1. The molecule has 0 amide bonds. The predicted octanol–water partition coefficient (Wildman–Crippen LogP) is 2.23. The van der Waals surface area contributed by atoms with E-state index in [2.05, 4.69) is 23.4 Å². The van der Waals surface area contributed by atoms with Crippen LogP contribution in [-0.2, 0) is 0 Å². The minimum Gasteiger partial charge on any atom is -0.384 e. The van der Waals surface area contributed by atoms with Crippen LogP contribution in [0.2, 0.25) is 0 Å². The van der Waals surface area contributed by atoms with Crippen LogP contribution >= 0.6 is 0 Å². The van der Waals surface area contributed by atoms with E-state index in [1.807, 2.05) is 6.92 Å². The number of hydrogen-bond acceptors (Lipinski definition) is 2. The summed E-state index contributed by atoms with van der Waals surface area (Å²) in [4.78, 5) is 4.51. The van der Waals surface area contributed by atoms with Gasteiger partial charge in [0.15, 0.2) is 0 Å². The van der Waals surface area contributed by atoms with E-state index in [9.17, 15) is 0 Å². The molecule has 1 aliphatic carbocycles. The maximum Gasteiger partial charge on any atom is 0.127 e. The van der Waals surface area contributed by atoms with Gasteiger partial charge >= 0.3 is 0 Å². The predicted molar refractivity (Wildman–Crippen MR) is 53.7 cm³/mol. The van der Waals surface area contributed by atoms with Crippen LogP contribution in [0.25, 0.3) is 0 Å². The molecule has 0 atom stereocenters. The molecule has 1 aliphatic rings. The van der Waals surface area contributed by atoms with Crippen LogP contribution in [0.4, 0.5) is 5.82 Å². The van der Waals surface area contributed by atoms with Crippen LogP contribution in [0.3, 0.4) is 0 Å². The van der Waals surface area contributed by atoms with Crippen molar-refractivity contribution in [2.24, 2.45) is 0 Å². The number of hydrogen-bond donors (Lipinski definition) is 1. The van der Waals surface area contributed by atoms with Gasteiger partial charge in [0.25, 0.3) is 0 Å². The first-order valence-electron chi connectivity index (χ1n) is 4.95. The van der Waals surface area contributed by atoms with Gasteiger partial charge in [-0.25, -0.2) is 4.98 Å². The molecule has 1 aromatic heterocycles. The summed E-state index contributed by atoms with van der Waals surface area (Å²) in [6.07, 6.45) is 2.53. The van der Waals surface area contributed by atoms with Crippen molar-refractivity contribution in [3.8, 4) is 0 Å². The van der Waals surface area contributed by atoms with Crippen molar-refractivity contribution in [1.29, 1.82) is 0 Å². The Morgan fingerprint density at radius 3 is 2.46 bits per heavy atom. The molecule has 0 unspecified atom stereocenters. The average Bonchev–Trinajstić information content (AvgIpc) is 2.80. The number of nitrogen functional groups attached to an aromatic ring is 1. The number of imidazole rings is 1. The highest BCUT2D eigenvalue weighted by Crippen LogP contribution is 2.39. The Bertz CT molecular complexity index is 321. The molecule has 3 nitrogen and oxygen atoms in total. The molecule has 3 heteroatoms. The topological polar surface area (TPSA) is 43.8 Å². The lowest BCUT2D eigenvalue weighted by molar-refractivity contribution is 0.720. The first kappa shape index (κ1) is 8.60. The molecule has 1 saturated carbocycles. The van der Waals surface area contributed by atoms with E-state index in [-0.39, 0.29) is 0 Å². The average molecular weight is 179 g/mol. The Morgan fingerprint density at radius 2 is 2.08 bits per heavy atom. The third-order valence-corrected chi connectivity index (χ3v) is 2.61. The summed E-state index contributed by atoms with van der Waals surface area (Å²) in [6, 6.07) is 0.639. The summed E-state index contributed by atoms with van der Waals surface area (Å²) < 4.78 is 2.19. The largest absolute Gasteiger partial charge is 0.384 e. The molecule has 1 fully saturated rings. The molecule has 72 valence electrons. The van der Waals surface area contributed by atoms with Crippen molar-refractivity contribution < 1.29 is 0 Å². The Balaban J connectivity index is 2.44. The van der Waals surface area contributed by atoms with Crippen LogP contribution in [0.5, 0.6) is 0 Å². The number of aryl methyl sites for hydroxylation is 1. The van der Waals surface area contributed by atoms with Gasteiger partial charge in [-0.1, -0.05) is 13.8 Å². The highest BCUT2D eigenvalue weighted by molar-refractivity contribution is 5.41. The summed E-state index contributed by atoms with van der Waals surface area (Å²) in [5.41, 5.74) is 7.11. The fourth-order valence-corrected chi connectivity index (χ4v) is 1.80. The van der Waals surface area contributed by atoms with E-state index in [0.717, 1.165) is 17.3 Å². The molecule has 0 saturated heterocycles. The van der Waals surface area contributed by atoms with Gasteiger partial charge in [0.2, 0.25) is 0 Å². The van der Waals surface area contributed by atoms with Gasteiger partial charge in [-0.05, 0) is 25.7 Å². The molecular weight excluding hydrogens is 162 g/mol. The molecule has 0 radical (unpaired) electrons. The van der Waals surface area contributed by atoms with Gasteiger partial charge in [-0.2, -0.15) is 0 Å². The summed E-state index contributed by atoms with van der Waals surface area (Å²) >= 11 is 0. The van der Waals surface area contributed by atoms with Gasteiger partial charge in [0.1, 0.15) is 11.6 Å². The van der Waals surface area contributed by atoms with Gasteiger partial charge in [0, 0.05) is 6.04 Å². The Morgan fingerprint density at radius 1 is 1.46 bits per heavy atom.